The third kappa shape index (κ3) is 4.16. The molecule has 7 heteroatoms. The molecule has 0 spiro atoms. The molecule has 1 fully saturated rings. The Hall–Kier alpha value is -2.77. The Morgan fingerprint density at radius 1 is 1.10 bits per heavy atom. The van der Waals surface area contributed by atoms with Gasteiger partial charge in [-0.25, -0.2) is 4.79 Å². The van der Waals surface area contributed by atoms with E-state index in [0.29, 0.717) is 12.1 Å². The third-order valence-electron chi connectivity index (χ3n) is 5.51. The summed E-state index contributed by atoms with van der Waals surface area (Å²) < 4.78 is 10.4. The predicted molar refractivity (Wildman–Crippen MR) is 110 cm³/mol. The van der Waals surface area contributed by atoms with Crippen molar-refractivity contribution in [1.82, 2.24) is 19.9 Å². The van der Waals surface area contributed by atoms with Crippen LogP contribution in [0.5, 0.6) is 0 Å². The van der Waals surface area contributed by atoms with Crippen molar-refractivity contribution in [2.24, 2.45) is 0 Å². The molecule has 3 heterocycles. The average molecular weight is 394 g/mol. The highest BCUT2D eigenvalue weighted by Crippen LogP contribution is 2.25. The Labute approximate surface area is 170 Å². The number of rotatable bonds is 5. The van der Waals surface area contributed by atoms with Crippen LogP contribution in [0.15, 0.2) is 34.9 Å². The van der Waals surface area contributed by atoms with E-state index >= 15 is 0 Å². The molecule has 3 aromatic rings. The molecule has 29 heavy (non-hydrogen) atoms. The fourth-order valence-electron chi connectivity index (χ4n) is 3.96. The normalized spacial score (nSPS) is 15.7. The number of fused-ring (bicyclic) bond motifs is 1. The van der Waals surface area contributed by atoms with Gasteiger partial charge in [-0.2, -0.15) is 0 Å². The summed E-state index contributed by atoms with van der Waals surface area (Å²) in [5.41, 5.74) is 4.12. The molecule has 152 valence electrons. The monoisotopic (exact) mass is 394 g/mol. The minimum atomic E-state index is -0.324. The number of aromatic nitrogens is 2. The third-order valence-corrected chi connectivity index (χ3v) is 5.51. The van der Waals surface area contributed by atoms with E-state index in [1.807, 2.05) is 44.2 Å². The zero-order valence-corrected chi connectivity index (χ0v) is 17.1. The van der Waals surface area contributed by atoms with Gasteiger partial charge in [-0.15, -0.1) is 0 Å². The second kappa shape index (κ2) is 8.31. The van der Waals surface area contributed by atoms with Crippen LogP contribution in [0.1, 0.15) is 33.1 Å². The summed E-state index contributed by atoms with van der Waals surface area (Å²) in [4.78, 5) is 22.0. The van der Waals surface area contributed by atoms with Gasteiger partial charge in [-0.05, 0) is 25.5 Å². The molecule has 1 aliphatic rings. The van der Waals surface area contributed by atoms with Crippen LogP contribution >= 0.6 is 0 Å². The first-order valence-corrected chi connectivity index (χ1v) is 9.88. The summed E-state index contributed by atoms with van der Waals surface area (Å²) in [6.45, 7) is 8.97. The number of ether oxygens (including phenoxy) is 1. The predicted octanol–water partition coefficient (Wildman–Crippen LogP) is 2.94. The lowest BCUT2D eigenvalue weighted by Crippen LogP contribution is -2.45. The van der Waals surface area contributed by atoms with E-state index in [0.717, 1.165) is 66.3 Å². The van der Waals surface area contributed by atoms with Crippen molar-refractivity contribution in [2.45, 2.75) is 26.9 Å². The summed E-state index contributed by atoms with van der Waals surface area (Å²) in [5.74, 6) is 0.575. The highest BCUT2D eigenvalue weighted by molar-refractivity contribution is 5.98. The van der Waals surface area contributed by atoms with Gasteiger partial charge in [-0.3, -0.25) is 14.8 Å². The molecule has 0 saturated carbocycles. The number of hydrogen-bond donors (Lipinski definition) is 0. The van der Waals surface area contributed by atoms with E-state index in [4.69, 9.17) is 14.2 Å². The topological polar surface area (TPSA) is 71.7 Å². The van der Waals surface area contributed by atoms with Crippen molar-refractivity contribution in [3.8, 4) is 0 Å². The van der Waals surface area contributed by atoms with E-state index in [1.165, 1.54) is 7.11 Å². The summed E-state index contributed by atoms with van der Waals surface area (Å²) in [6.07, 6.45) is 0. The number of carbonyl (C=O) groups excluding carboxylic acids is 1. The number of benzene rings is 1. The van der Waals surface area contributed by atoms with Gasteiger partial charge in [0, 0.05) is 44.2 Å². The van der Waals surface area contributed by atoms with Crippen LogP contribution in [0, 0.1) is 13.8 Å². The van der Waals surface area contributed by atoms with Crippen LogP contribution in [0.2, 0.25) is 0 Å². The van der Waals surface area contributed by atoms with E-state index in [-0.39, 0.29) is 5.97 Å². The van der Waals surface area contributed by atoms with Crippen LogP contribution < -0.4 is 0 Å². The Balaban J connectivity index is 1.50. The molecule has 0 unspecified atom stereocenters. The van der Waals surface area contributed by atoms with Crippen molar-refractivity contribution in [3.63, 3.8) is 0 Å². The highest BCUT2D eigenvalue weighted by Gasteiger charge is 2.24. The molecule has 7 nitrogen and oxygen atoms in total. The van der Waals surface area contributed by atoms with Crippen LogP contribution in [0.4, 0.5) is 0 Å². The van der Waals surface area contributed by atoms with Gasteiger partial charge in [0.25, 0.3) is 0 Å². The number of piperazine rings is 1. The SMILES string of the molecule is COC(=O)c1c(CN2CCN(Cc3cc(C)no3)CC2)nc2ccccc2c1C. The number of nitrogens with zero attached hydrogens (tertiary/aromatic N) is 4. The number of hydrogen-bond acceptors (Lipinski definition) is 7. The van der Waals surface area contributed by atoms with Crippen molar-refractivity contribution >= 4 is 16.9 Å². The summed E-state index contributed by atoms with van der Waals surface area (Å²) in [6, 6.07) is 9.91. The van der Waals surface area contributed by atoms with Gasteiger partial charge in [-0.1, -0.05) is 23.4 Å². The number of aryl methyl sites for hydroxylation is 2. The lowest BCUT2D eigenvalue weighted by atomic mass is 10.0. The molecule has 0 bridgehead atoms. The zero-order valence-electron chi connectivity index (χ0n) is 17.1. The molecule has 0 atom stereocenters. The number of esters is 1. The molecule has 1 aliphatic heterocycles. The van der Waals surface area contributed by atoms with Crippen LogP contribution in [0.25, 0.3) is 10.9 Å². The lowest BCUT2D eigenvalue weighted by molar-refractivity contribution is 0.0595. The second-order valence-corrected chi connectivity index (χ2v) is 7.55. The molecule has 2 aromatic heterocycles. The second-order valence-electron chi connectivity index (χ2n) is 7.55. The lowest BCUT2D eigenvalue weighted by Gasteiger charge is -2.34. The molecule has 1 saturated heterocycles. The highest BCUT2D eigenvalue weighted by atomic mass is 16.5. The molecule has 4 rings (SSSR count). The molecular formula is C22H26N4O3. The van der Waals surface area contributed by atoms with E-state index in [2.05, 4.69) is 15.0 Å². The van der Waals surface area contributed by atoms with E-state index in [1.54, 1.807) is 0 Å². The number of carbonyl (C=O) groups is 1. The van der Waals surface area contributed by atoms with Gasteiger partial charge in [0.05, 0.1) is 36.1 Å². The maximum Gasteiger partial charge on any atom is 0.340 e. The molecule has 0 aliphatic carbocycles. The first kappa shape index (κ1) is 19.5. The molecule has 0 radical (unpaired) electrons. The summed E-state index contributed by atoms with van der Waals surface area (Å²) in [5, 5.41) is 4.95. The first-order chi connectivity index (χ1) is 14.0. The minimum absolute atomic E-state index is 0.324. The van der Waals surface area contributed by atoms with Gasteiger partial charge >= 0.3 is 5.97 Å². The first-order valence-electron chi connectivity index (χ1n) is 9.88. The number of para-hydroxylation sites is 1. The van der Waals surface area contributed by atoms with E-state index in [9.17, 15) is 4.79 Å². The van der Waals surface area contributed by atoms with Gasteiger partial charge in [0.2, 0.25) is 0 Å². The Kier molecular flexibility index (Phi) is 5.60. The van der Waals surface area contributed by atoms with Crippen molar-refractivity contribution < 1.29 is 14.1 Å². The van der Waals surface area contributed by atoms with Gasteiger partial charge in [0.1, 0.15) is 0 Å². The Bertz CT molecular complexity index is 1020. The quantitative estimate of drug-likeness (QED) is 0.616. The molecule has 0 N–H and O–H groups in total. The van der Waals surface area contributed by atoms with Crippen LogP contribution in [-0.2, 0) is 17.8 Å². The van der Waals surface area contributed by atoms with Crippen molar-refractivity contribution in [3.05, 3.63) is 58.6 Å². The maximum absolute atomic E-state index is 12.5. The summed E-state index contributed by atoms with van der Waals surface area (Å²) >= 11 is 0. The average Bonchev–Trinajstić information content (AvgIpc) is 3.14. The van der Waals surface area contributed by atoms with E-state index < -0.39 is 0 Å². The molecule has 0 amide bonds. The van der Waals surface area contributed by atoms with Gasteiger partial charge in [0.15, 0.2) is 5.76 Å². The summed E-state index contributed by atoms with van der Waals surface area (Å²) in [7, 11) is 1.42. The number of pyridine rings is 1. The maximum atomic E-state index is 12.5. The van der Waals surface area contributed by atoms with Crippen LogP contribution in [-0.4, -0.2) is 59.2 Å². The van der Waals surface area contributed by atoms with Crippen molar-refractivity contribution in [1.29, 1.82) is 0 Å². The van der Waals surface area contributed by atoms with Crippen molar-refractivity contribution in [2.75, 3.05) is 33.3 Å². The standard InChI is InChI=1S/C22H26N4O3/c1-15-12-17(29-24-15)13-25-8-10-26(11-9-25)14-20-21(22(27)28-3)16(2)18-6-4-5-7-19(18)23-20/h4-7,12H,8-11,13-14H2,1-3H3. The van der Waals surface area contributed by atoms with Crippen LogP contribution in [0.3, 0.4) is 0 Å². The fraction of sp³-hybridized carbons (Fsp3) is 0.409. The molecular weight excluding hydrogens is 368 g/mol. The molecule has 1 aromatic carbocycles. The Morgan fingerprint density at radius 3 is 2.45 bits per heavy atom. The fourth-order valence-corrected chi connectivity index (χ4v) is 3.96. The van der Waals surface area contributed by atoms with Gasteiger partial charge < -0.3 is 9.26 Å². The largest absolute Gasteiger partial charge is 0.465 e. The minimum Gasteiger partial charge on any atom is -0.465 e. The Morgan fingerprint density at radius 2 is 1.79 bits per heavy atom. The smallest absolute Gasteiger partial charge is 0.340 e. The number of methoxy groups -OCH3 is 1. The zero-order chi connectivity index (χ0) is 20.4.